The highest BCUT2D eigenvalue weighted by Crippen LogP contribution is 2.39. The molecule has 0 radical (unpaired) electrons. The molecule has 2 heterocycles. The van der Waals surface area contributed by atoms with Crippen LogP contribution in [0.1, 0.15) is 24.0 Å². The Hall–Kier alpha value is -3.94. The monoisotopic (exact) mass is 420 g/mol. The summed E-state index contributed by atoms with van der Waals surface area (Å²) in [5.74, 6) is -1.29. The molecule has 3 aromatic rings. The van der Waals surface area contributed by atoms with Gasteiger partial charge in [-0.05, 0) is 36.8 Å². The minimum atomic E-state index is -0.786. The van der Waals surface area contributed by atoms with E-state index in [2.05, 4.69) is 10.6 Å². The van der Waals surface area contributed by atoms with Gasteiger partial charge in [-0.25, -0.2) is 9.18 Å². The number of carbonyl (C=O) groups excluding carboxylic acids is 1. The summed E-state index contributed by atoms with van der Waals surface area (Å²) < 4.78 is 16.0. The summed E-state index contributed by atoms with van der Waals surface area (Å²) in [6.45, 7) is 1.71. The van der Waals surface area contributed by atoms with Crippen LogP contribution in [0, 0.1) is 5.82 Å². The predicted molar refractivity (Wildman–Crippen MR) is 117 cm³/mol. The van der Waals surface area contributed by atoms with Crippen molar-refractivity contribution >= 4 is 17.4 Å². The lowest BCUT2D eigenvalue weighted by Crippen LogP contribution is -2.43. The Bertz CT molecular complexity index is 1320. The second kappa shape index (κ2) is 7.71. The van der Waals surface area contributed by atoms with Crippen molar-refractivity contribution in [1.82, 2.24) is 9.13 Å². The quantitative estimate of drug-likeness (QED) is 0.682. The van der Waals surface area contributed by atoms with Crippen molar-refractivity contribution < 1.29 is 9.18 Å². The average Bonchev–Trinajstić information content (AvgIpc) is 2.76. The van der Waals surface area contributed by atoms with Gasteiger partial charge in [-0.1, -0.05) is 30.3 Å². The van der Waals surface area contributed by atoms with Crippen LogP contribution in [0.15, 0.2) is 75.5 Å². The molecular formula is C23H21FN4O3. The predicted octanol–water partition coefficient (Wildman–Crippen LogP) is 2.69. The van der Waals surface area contributed by atoms with E-state index in [0.29, 0.717) is 28.3 Å². The van der Waals surface area contributed by atoms with E-state index >= 15 is 0 Å². The van der Waals surface area contributed by atoms with Crippen LogP contribution in [-0.2, 0) is 18.9 Å². The summed E-state index contributed by atoms with van der Waals surface area (Å²) in [5.41, 5.74) is 1.23. The van der Waals surface area contributed by atoms with Crippen LogP contribution in [0.5, 0.6) is 0 Å². The summed E-state index contributed by atoms with van der Waals surface area (Å²) >= 11 is 0. The van der Waals surface area contributed by atoms with Gasteiger partial charge in [0.25, 0.3) is 11.5 Å². The molecule has 4 rings (SSSR count). The van der Waals surface area contributed by atoms with Gasteiger partial charge in [0.15, 0.2) is 0 Å². The van der Waals surface area contributed by atoms with Crippen molar-refractivity contribution in [3.63, 3.8) is 0 Å². The Morgan fingerprint density at radius 2 is 1.65 bits per heavy atom. The van der Waals surface area contributed by atoms with E-state index in [-0.39, 0.29) is 5.56 Å². The topological polar surface area (TPSA) is 85.1 Å². The molecule has 1 aromatic heterocycles. The Morgan fingerprint density at radius 1 is 1.00 bits per heavy atom. The molecule has 2 N–H and O–H groups in total. The van der Waals surface area contributed by atoms with Crippen molar-refractivity contribution in [1.29, 1.82) is 0 Å². The molecule has 1 aliphatic heterocycles. The van der Waals surface area contributed by atoms with Gasteiger partial charge < -0.3 is 10.6 Å². The second-order valence-electron chi connectivity index (χ2n) is 7.44. The molecule has 8 heteroatoms. The summed E-state index contributed by atoms with van der Waals surface area (Å²) in [6.07, 6.45) is 0. The van der Waals surface area contributed by atoms with Gasteiger partial charge in [-0.15, -0.1) is 0 Å². The summed E-state index contributed by atoms with van der Waals surface area (Å²) in [4.78, 5) is 38.9. The van der Waals surface area contributed by atoms with Crippen LogP contribution in [0.2, 0.25) is 0 Å². The average molecular weight is 420 g/mol. The van der Waals surface area contributed by atoms with Gasteiger partial charge in [0, 0.05) is 31.1 Å². The largest absolute Gasteiger partial charge is 0.344 e. The molecule has 2 aromatic carbocycles. The van der Waals surface area contributed by atoms with E-state index in [1.807, 2.05) is 6.07 Å². The summed E-state index contributed by atoms with van der Waals surface area (Å²) in [7, 11) is 2.94. The molecule has 0 fully saturated rings. The number of anilines is 2. The highest BCUT2D eigenvalue weighted by atomic mass is 19.1. The van der Waals surface area contributed by atoms with E-state index in [0.717, 1.165) is 4.57 Å². The maximum atomic E-state index is 13.6. The molecule has 158 valence electrons. The minimum Gasteiger partial charge on any atom is -0.344 e. The zero-order valence-electron chi connectivity index (χ0n) is 17.3. The molecule has 0 aliphatic carbocycles. The van der Waals surface area contributed by atoms with E-state index in [4.69, 9.17) is 0 Å². The van der Waals surface area contributed by atoms with E-state index in [1.165, 1.54) is 23.7 Å². The number of nitrogens with zero attached hydrogens (tertiary/aromatic N) is 2. The van der Waals surface area contributed by atoms with Gasteiger partial charge in [0.2, 0.25) is 0 Å². The fourth-order valence-electron chi connectivity index (χ4n) is 3.90. The number of para-hydroxylation sites is 1. The van der Waals surface area contributed by atoms with Crippen LogP contribution < -0.4 is 21.9 Å². The fraction of sp³-hybridized carbons (Fsp3) is 0.174. The zero-order valence-corrected chi connectivity index (χ0v) is 17.3. The lowest BCUT2D eigenvalue weighted by atomic mass is 9.81. The smallest absolute Gasteiger partial charge is 0.332 e. The first-order chi connectivity index (χ1) is 14.8. The highest BCUT2D eigenvalue weighted by molar-refractivity contribution is 6.07. The van der Waals surface area contributed by atoms with Crippen molar-refractivity contribution in [3.05, 3.63) is 104 Å². The number of carbonyl (C=O) groups is 1. The van der Waals surface area contributed by atoms with Gasteiger partial charge in [-0.2, -0.15) is 0 Å². The number of halogens is 1. The molecule has 1 aliphatic rings. The third-order valence-corrected chi connectivity index (χ3v) is 5.47. The molecule has 0 unspecified atom stereocenters. The van der Waals surface area contributed by atoms with Gasteiger partial charge in [0.05, 0.1) is 11.5 Å². The Labute approximate surface area is 177 Å². The number of fused-ring (bicyclic) bond motifs is 1. The molecular weight excluding hydrogens is 399 g/mol. The third kappa shape index (κ3) is 3.46. The number of amides is 1. The van der Waals surface area contributed by atoms with Crippen molar-refractivity contribution in [2.75, 3.05) is 10.6 Å². The maximum absolute atomic E-state index is 13.6. The molecule has 31 heavy (non-hydrogen) atoms. The van der Waals surface area contributed by atoms with Gasteiger partial charge >= 0.3 is 5.69 Å². The maximum Gasteiger partial charge on any atom is 0.332 e. The number of aromatic nitrogens is 2. The summed E-state index contributed by atoms with van der Waals surface area (Å²) in [5, 5.41) is 5.92. The molecule has 1 amide bonds. The van der Waals surface area contributed by atoms with Crippen LogP contribution in [0.25, 0.3) is 0 Å². The minimum absolute atomic E-state index is 0.250. The third-order valence-electron chi connectivity index (χ3n) is 5.47. The van der Waals surface area contributed by atoms with E-state index in [9.17, 15) is 18.8 Å². The molecule has 0 bridgehead atoms. The van der Waals surface area contributed by atoms with Gasteiger partial charge in [-0.3, -0.25) is 18.7 Å². The first-order valence-electron chi connectivity index (χ1n) is 9.69. The van der Waals surface area contributed by atoms with Crippen molar-refractivity contribution in [3.8, 4) is 0 Å². The normalized spacial score (nSPS) is 15.3. The lowest BCUT2D eigenvalue weighted by molar-refractivity contribution is -0.113. The van der Waals surface area contributed by atoms with Crippen LogP contribution in [-0.4, -0.2) is 15.0 Å². The molecule has 0 saturated carbocycles. The Morgan fingerprint density at radius 3 is 2.29 bits per heavy atom. The zero-order chi connectivity index (χ0) is 22.3. The Kier molecular flexibility index (Phi) is 5.06. The van der Waals surface area contributed by atoms with Crippen LogP contribution in [0.3, 0.4) is 0 Å². The van der Waals surface area contributed by atoms with Crippen LogP contribution >= 0.6 is 0 Å². The van der Waals surface area contributed by atoms with Crippen LogP contribution in [0.4, 0.5) is 15.9 Å². The number of hydrogen-bond acceptors (Lipinski definition) is 4. The van der Waals surface area contributed by atoms with E-state index in [1.54, 1.807) is 50.4 Å². The van der Waals surface area contributed by atoms with E-state index < -0.39 is 28.9 Å². The molecule has 0 spiro atoms. The first-order valence-corrected chi connectivity index (χ1v) is 9.69. The summed E-state index contributed by atoms with van der Waals surface area (Å²) in [6, 6.07) is 14.6. The number of benzene rings is 2. The van der Waals surface area contributed by atoms with Crippen molar-refractivity contribution in [2.45, 2.75) is 12.8 Å². The highest BCUT2D eigenvalue weighted by Gasteiger charge is 2.36. The SMILES string of the molecule is CC1=C(C(=O)Nc2ccccc2)[C@H](c2ccc(F)cc2)c2c(n(C)c(=O)n(C)c2=O)N1. The number of rotatable bonds is 3. The molecule has 1 atom stereocenters. The Balaban J connectivity index is 1.95. The first kappa shape index (κ1) is 20.3. The number of allylic oxidation sites excluding steroid dienone is 1. The lowest BCUT2D eigenvalue weighted by Gasteiger charge is -2.31. The second-order valence-corrected chi connectivity index (χ2v) is 7.44. The standard InChI is InChI=1S/C23H21FN4O3/c1-13-17(21(29)26-16-7-5-4-6-8-16)18(14-9-11-15(24)12-10-14)19-20(25-13)27(2)23(31)28(3)22(19)30/h4-12,18,25H,1-3H3,(H,26,29)/t18-/m0/s1. The van der Waals surface area contributed by atoms with Gasteiger partial charge in [0.1, 0.15) is 11.6 Å². The number of nitrogens with one attached hydrogen (secondary N) is 2. The van der Waals surface area contributed by atoms with Crippen molar-refractivity contribution in [2.24, 2.45) is 14.1 Å². The molecule has 7 nitrogen and oxygen atoms in total. The number of hydrogen-bond donors (Lipinski definition) is 2. The molecule has 0 saturated heterocycles. The fourth-order valence-corrected chi connectivity index (χ4v) is 3.90.